The lowest BCUT2D eigenvalue weighted by Gasteiger charge is -2.61. The molecule has 0 aromatic rings. The molecule has 4 rings (SSSR count). The summed E-state index contributed by atoms with van der Waals surface area (Å²) in [7, 11) is 0. The standard InChI is InChI=1S/C32H54O2/c1-20(2)26(21(3)4)11-9-22(5)28-13-14-29-27-12-10-24-19-25(34-23(6)33)15-17-31(24,7)30(27)16-18-32(28,29)8/h9,11,20-22,24-30H,10,12-19H2,1-8H3/b11-9-/t22-,24-,25-,27-,28+,29-,30-,31-,32+/m0/s1. The second kappa shape index (κ2) is 9.93. The monoisotopic (exact) mass is 470 g/mol. The van der Waals surface area contributed by atoms with Crippen molar-refractivity contribution in [2.45, 2.75) is 119 Å². The molecule has 4 aliphatic carbocycles. The van der Waals surface area contributed by atoms with E-state index in [1.165, 1.54) is 44.9 Å². The Bertz CT molecular complexity index is 744. The molecule has 2 heteroatoms. The summed E-state index contributed by atoms with van der Waals surface area (Å²) in [4.78, 5) is 11.5. The van der Waals surface area contributed by atoms with Gasteiger partial charge in [0.25, 0.3) is 0 Å². The third-order valence-electron chi connectivity index (χ3n) is 11.8. The van der Waals surface area contributed by atoms with E-state index in [9.17, 15) is 4.79 Å². The second-order valence-electron chi connectivity index (χ2n) is 14.2. The summed E-state index contributed by atoms with van der Waals surface area (Å²) in [6.45, 7) is 18.9. The molecule has 0 aliphatic heterocycles. The van der Waals surface area contributed by atoms with Crippen molar-refractivity contribution in [3.8, 4) is 0 Å². The zero-order valence-corrected chi connectivity index (χ0v) is 23.6. The summed E-state index contributed by atoms with van der Waals surface area (Å²) in [6, 6.07) is 0. The van der Waals surface area contributed by atoms with Crippen LogP contribution in [0.15, 0.2) is 12.2 Å². The minimum absolute atomic E-state index is 0.0935. The van der Waals surface area contributed by atoms with Crippen LogP contribution in [0.4, 0.5) is 0 Å². The first-order valence-electron chi connectivity index (χ1n) is 14.8. The highest BCUT2D eigenvalue weighted by Gasteiger charge is 2.60. The van der Waals surface area contributed by atoms with Gasteiger partial charge in [-0.15, -0.1) is 0 Å². The summed E-state index contributed by atoms with van der Waals surface area (Å²) in [6.07, 6.45) is 17.3. The highest BCUT2D eigenvalue weighted by atomic mass is 16.5. The Kier molecular flexibility index (Phi) is 7.67. The van der Waals surface area contributed by atoms with E-state index in [4.69, 9.17) is 4.74 Å². The number of carbonyl (C=O) groups excluding carboxylic acids is 1. The molecular formula is C32H54O2. The van der Waals surface area contributed by atoms with Gasteiger partial charge in [0.15, 0.2) is 0 Å². The van der Waals surface area contributed by atoms with Crippen molar-refractivity contribution in [3.63, 3.8) is 0 Å². The van der Waals surface area contributed by atoms with E-state index in [-0.39, 0.29) is 12.1 Å². The molecule has 0 bridgehead atoms. The summed E-state index contributed by atoms with van der Waals surface area (Å²) in [5.41, 5.74) is 0.987. The topological polar surface area (TPSA) is 26.3 Å². The number of carbonyl (C=O) groups is 1. The van der Waals surface area contributed by atoms with Crippen LogP contribution in [0.1, 0.15) is 113 Å². The molecule has 34 heavy (non-hydrogen) atoms. The lowest BCUT2D eigenvalue weighted by atomic mass is 9.44. The highest BCUT2D eigenvalue weighted by Crippen LogP contribution is 2.68. The lowest BCUT2D eigenvalue weighted by molar-refractivity contribution is -0.160. The summed E-state index contributed by atoms with van der Waals surface area (Å²) < 4.78 is 5.67. The van der Waals surface area contributed by atoms with Crippen molar-refractivity contribution in [2.24, 2.45) is 64.1 Å². The zero-order chi connectivity index (χ0) is 24.8. The van der Waals surface area contributed by atoms with Gasteiger partial charge in [0.2, 0.25) is 0 Å². The predicted molar refractivity (Wildman–Crippen MR) is 142 cm³/mol. The van der Waals surface area contributed by atoms with Gasteiger partial charge in [0, 0.05) is 6.92 Å². The zero-order valence-electron chi connectivity index (χ0n) is 23.6. The second-order valence-corrected chi connectivity index (χ2v) is 14.2. The van der Waals surface area contributed by atoms with Crippen LogP contribution in [-0.4, -0.2) is 12.1 Å². The number of ether oxygens (including phenoxy) is 1. The summed E-state index contributed by atoms with van der Waals surface area (Å²) in [5, 5.41) is 0. The first kappa shape index (κ1) is 26.3. The molecule has 194 valence electrons. The first-order valence-corrected chi connectivity index (χ1v) is 14.8. The molecular weight excluding hydrogens is 416 g/mol. The number of fused-ring (bicyclic) bond motifs is 5. The van der Waals surface area contributed by atoms with Gasteiger partial charge >= 0.3 is 5.97 Å². The van der Waals surface area contributed by atoms with E-state index in [1.807, 2.05) is 0 Å². The Balaban J connectivity index is 1.46. The van der Waals surface area contributed by atoms with Gasteiger partial charge in [-0.2, -0.15) is 0 Å². The fourth-order valence-electron chi connectivity index (χ4n) is 10.1. The third kappa shape index (κ3) is 4.66. The lowest BCUT2D eigenvalue weighted by Crippen LogP contribution is -2.54. The van der Waals surface area contributed by atoms with Crippen LogP contribution in [0.25, 0.3) is 0 Å². The van der Waals surface area contributed by atoms with Crippen LogP contribution < -0.4 is 0 Å². The normalized spacial score (nSPS) is 43.1. The number of esters is 1. The molecule has 0 saturated heterocycles. The van der Waals surface area contributed by atoms with Crippen LogP contribution in [0.5, 0.6) is 0 Å². The Morgan fingerprint density at radius 1 is 0.824 bits per heavy atom. The Morgan fingerprint density at radius 2 is 1.47 bits per heavy atom. The molecule has 4 fully saturated rings. The van der Waals surface area contributed by atoms with Crippen molar-refractivity contribution >= 4 is 5.97 Å². The van der Waals surface area contributed by atoms with Crippen molar-refractivity contribution in [2.75, 3.05) is 0 Å². The van der Waals surface area contributed by atoms with Gasteiger partial charge in [-0.1, -0.05) is 60.6 Å². The maximum absolute atomic E-state index is 11.5. The van der Waals surface area contributed by atoms with E-state index < -0.39 is 0 Å². The Labute approximate surface area is 211 Å². The number of hydrogen-bond donors (Lipinski definition) is 0. The van der Waals surface area contributed by atoms with E-state index in [0.29, 0.717) is 22.7 Å². The van der Waals surface area contributed by atoms with E-state index >= 15 is 0 Å². The molecule has 0 amide bonds. The summed E-state index contributed by atoms with van der Waals surface area (Å²) >= 11 is 0. The third-order valence-corrected chi connectivity index (χ3v) is 11.8. The SMILES string of the molecule is CC(=O)O[C@H]1CC[C@@]2(C)[C@@H](CC[C@@H]3[C@@H]2CC[C@]2(C)[C@@H]([C@@H](C)/C=C\C(C(C)C)C(C)C)CC[C@@H]32)C1. The highest BCUT2D eigenvalue weighted by molar-refractivity contribution is 5.66. The van der Waals surface area contributed by atoms with Gasteiger partial charge in [0.1, 0.15) is 6.10 Å². The van der Waals surface area contributed by atoms with Crippen LogP contribution >= 0.6 is 0 Å². The fourth-order valence-corrected chi connectivity index (χ4v) is 10.1. The van der Waals surface area contributed by atoms with E-state index in [2.05, 4.69) is 60.6 Å². The van der Waals surface area contributed by atoms with Crippen LogP contribution in [0.2, 0.25) is 0 Å². The molecule has 0 N–H and O–H groups in total. The van der Waals surface area contributed by atoms with Gasteiger partial charge in [0.05, 0.1) is 0 Å². The number of rotatable bonds is 6. The van der Waals surface area contributed by atoms with E-state index in [0.717, 1.165) is 54.3 Å². The molecule has 4 aliphatic rings. The average Bonchev–Trinajstić information content (AvgIpc) is 3.10. The largest absolute Gasteiger partial charge is 0.463 e. The fraction of sp³-hybridized carbons (Fsp3) is 0.906. The average molecular weight is 471 g/mol. The first-order chi connectivity index (χ1) is 16.0. The minimum atomic E-state index is -0.0935. The molecule has 0 aromatic carbocycles. The van der Waals surface area contributed by atoms with E-state index in [1.54, 1.807) is 6.92 Å². The maximum Gasteiger partial charge on any atom is 0.302 e. The quantitative estimate of drug-likeness (QED) is 0.286. The van der Waals surface area contributed by atoms with Crippen LogP contribution in [0, 0.1) is 64.1 Å². The molecule has 2 nitrogen and oxygen atoms in total. The van der Waals surface area contributed by atoms with Crippen molar-refractivity contribution < 1.29 is 9.53 Å². The smallest absolute Gasteiger partial charge is 0.302 e. The molecule has 0 heterocycles. The molecule has 0 spiro atoms. The van der Waals surface area contributed by atoms with Gasteiger partial charge in [-0.3, -0.25) is 4.79 Å². The van der Waals surface area contributed by atoms with Gasteiger partial charge in [-0.05, 0) is 122 Å². The van der Waals surface area contributed by atoms with Crippen molar-refractivity contribution in [1.82, 2.24) is 0 Å². The van der Waals surface area contributed by atoms with Gasteiger partial charge < -0.3 is 4.74 Å². The molecule has 0 radical (unpaired) electrons. The molecule has 0 aromatic heterocycles. The minimum Gasteiger partial charge on any atom is -0.463 e. The Hall–Kier alpha value is -0.790. The Morgan fingerprint density at radius 3 is 2.12 bits per heavy atom. The summed E-state index contributed by atoms with van der Waals surface area (Å²) in [5.74, 6) is 7.06. The molecule has 4 saturated carbocycles. The van der Waals surface area contributed by atoms with Crippen LogP contribution in [-0.2, 0) is 9.53 Å². The molecule has 0 unspecified atom stereocenters. The van der Waals surface area contributed by atoms with Gasteiger partial charge in [-0.25, -0.2) is 0 Å². The predicted octanol–water partition coefficient (Wildman–Crippen LogP) is 8.70. The number of allylic oxidation sites excluding steroid dienone is 2. The van der Waals surface area contributed by atoms with Crippen molar-refractivity contribution in [3.05, 3.63) is 12.2 Å². The molecule has 9 atom stereocenters. The maximum atomic E-state index is 11.5. The van der Waals surface area contributed by atoms with Crippen molar-refractivity contribution in [1.29, 1.82) is 0 Å². The van der Waals surface area contributed by atoms with Crippen LogP contribution in [0.3, 0.4) is 0 Å². The number of hydrogen-bond acceptors (Lipinski definition) is 2.